The zero-order chi connectivity index (χ0) is 17.2. The Labute approximate surface area is 156 Å². The topological polar surface area (TPSA) is 64.5 Å². The summed E-state index contributed by atoms with van der Waals surface area (Å²) in [6, 6.07) is 9.76. The number of hydrogen-bond acceptors (Lipinski definition) is 6. The molecular weight excluding hydrogens is 382 g/mol. The SMILES string of the molecule is Oc1ccccc1-c1cc2c(nn1)NC[C@H]1CN(CCCBr)CCN21. The Bertz CT molecular complexity index is 756. The van der Waals surface area contributed by atoms with E-state index < -0.39 is 0 Å². The first-order valence-corrected chi connectivity index (χ1v) is 9.83. The van der Waals surface area contributed by atoms with Crippen molar-refractivity contribution in [3.63, 3.8) is 0 Å². The molecule has 2 aliphatic rings. The number of halogens is 1. The second kappa shape index (κ2) is 7.17. The minimum atomic E-state index is 0.233. The molecule has 6 nitrogen and oxygen atoms in total. The number of fused-ring (bicyclic) bond motifs is 3. The molecule has 3 heterocycles. The van der Waals surface area contributed by atoms with Gasteiger partial charge in [0.15, 0.2) is 5.82 Å². The molecule has 0 radical (unpaired) electrons. The minimum absolute atomic E-state index is 0.233. The van der Waals surface area contributed by atoms with Crippen LogP contribution in [0.4, 0.5) is 11.5 Å². The Morgan fingerprint density at radius 3 is 2.96 bits per heavy atom. The second-order valence-corrected chi connectivity index (χ2v) is 7.34. The van der Waals surface area contributed by atoms with Gasteiger partial charge in [-0.1, -0.05) is 28.1 Å². The van der Waals surface area contributed by atoms with E-state index >= 15 is 0 Å². The maximum absolute atomic E-state index is 10.1. The van der Waals surface area contributed by atoms with Gasteiger partial charge in [-0.05, 0) is 31.2 Å². The standard InChI is InChI=1S/C18H22BrN5O/c19-6-3-7-23-8-9-24-13(12-23)11-20-18-16(24)10-15(21-22-18)14-4-1-2-5-17(14)25/h1-2,4-5,10,13,25H,3,6-9,11-12H2,(H,20,22)/t13-/m0/s1. The van der Waals surface area contributed by atoms with E-state index in [0.717, 1.165) is 55.1 Å². The van der Waals surface area contributed by atoms with Crippen molar-refractivity contribution in [1.29, 1.82) is 0 Å². The summed E-state index contributed by atoms with van der Waals surface area (Å²) in [5.74, 6) is 1.07. The number of nitrogens with one attached hydrogen (secondary N) is 1. The molecule has 1 atom stereocenters. The number of aromatic hydroxyl groups is 1. The van der Waals surface area contributed by atoms with Crippen LogP contribution in [-0.2, 0) is 0 Å². The molecule has 0 amide bonds. The molecule has 4 rings (SSSR count). The van der Waals surface area contributed by atoms with Crippen LogP contribution in [-0.4, -0.2) is 64.3 Å². The first kappa shape index (κ1) is 16.6. The molecule has 1 saturated heterocycles. The third kappa shape index (κ3) is 3.30. The number of nitrogens with zero attached hydrogens (tertiary/aromatic N) is 4. The fourth-order valence-electron chi connectivity index (χ4n) is 3.66. The maximum Gasteiger partial charge on any atom is 0.172 e. The van der Waals surface area contributed by atoms with Gasteiger partial charge in [-0.2, -0.15) is 0 Å². The number of alkyl halides is 1. The summed E-state index contributed by atoms with van der Waals surface area (Å²) in [4.78, 5) is 4.97. The molecule has 1 fully saturated rings. The van der Waals surface area contributed by atoms with Gasteiger partial charge in [0.25, 0.3) is 0 Å². The largest absolute Gasteiger partial charge is 0.507 e. The Morgan fingerprint density at radius 1 is 1.24 bits per heavy atom. The molecule has 2 aromatic rings. The zero-order valence-corrected chi connectivity index (χ0v) is 15.6. The molecular formula is C18H22BrN5O. The van der Waals surface area contributed by atoms with Crippen molar-refractivity contribution in [2.24, 2.45) is 0 Å². The summed E-state index contributed by atoms with van der Waals surface area (Å²) in [5, 5.41) is 23.2. The predicted octanol–water partition coefficient (Wildman–Crippen LogP) is 2.55. The van der Waals surface area contributed by atoms with Crippen molar-refractivity contribution in [3.8, 4) is 17.0 Å². The van der Waals surface area contributed by atoms with E-state index in [-0.39, 0.29) is 5.75 Å². The zero-order valence-electron chi connectivity index (χ0n) is 14.0. The molecule has 132 valence electrons. The van der Waals surface area contributed by atoms with Gasteiger partial charge in [0.2, 0.25) is 0 Å². The van der Waals surface area contributed by atoms with Gasteiger partial charge < -0.3 is 15.3 Å². The Balaban J connectivity index is 1.60. The summed E-state index contributed by atoms with van der Waals surface area (Å²) >= 11 is 3.52. The van der Waals surface area contributed by atoms with Crippen LogP contribution in [0.15, 0.2) is 30.3 Å². The third-order valence-corrected chi connectivity index (χ3v) is 5.50. The highest BCUT2D eigenvalue weighted by molar-refractivity contribution is 9.09. The molecule has 1 aromatic heterocycles. The number of para-hydroxylation sites is 1. The molecule has 2 aliphatic heterocycles. The van der Waals surface area contributed by atoms with Crippen LogP contribution in [0, 0.1) is 0 Å². The molecule has 0 spiro atoms. The summed E-state index contributed by atoms with van der Waals surface area (Å²) in [7, 11) is 0. The Morgan fingerprint density at radius 2 is 2.12 bits per heavy atom. The highest BCUT2D eigenvalue weighted by Crippen LogP contribution is 2.35. The number of hydrogen-bond donors (Lipinski definition) is 2. The molecule has 0 unspecified atom stereocenters. The summed E-state index contributed by atoms with van der Waals surface area (Å²) in [6.45, 7) is 5.15. The van der Waals surface area contributed by atoms with Gasteiger partial charge in [0, 0.05) is 37.1 Å². The lowest BCUT2D eigenvalue weighted by atomic mass is 10.1. The van der Waals surface area contributed by atoms with Gasteiger partial charge >= 0.3 is 0 Å². The highest BCUT2D eigenvalue weighted by Gasteiger charge is 2.32. The number of phenolic OH excluding ortho intramolecular Hbond substituents is 1. The van der Waals surface area contributed by atoms with Gasteiger partial charge in [0.1, 0.15) is 5.75 Å². The van der Waals surface area contributed by atoms with Crippen molar-refractivity contribution >= 4 is 27.4 Å². The van der Waals surface area contributed by atoms with E-state index in [1.54, 1.807) is 6.07 Å². The highest BCUT2D eigenvalue weighted by atomic mass is 79.9. The van der Waals surface area contributed by atoms with Gasteiger partial charge in [-0.15, -0.1) is 10.2 Å². The van der Waals surface area contributed by atoms with Gasteiger partial charge in [-0.25, -0.2) is 0 Å². The normalized spacial score (nSPS) is 19.9. The van der Waals surface area contributed by atoms with Gasteiger partial charge in [-0.3, -0.25) is 4.90 Å². The predicted molar refractivity (Wildman–Crippen MR) is 104 cm³/mol. The minimum Gasteiger partial charge on any atom is -0.507 e. The van der Waals surface area contributed by atoms with Gasteiger partial charge in [0.05, 0.1) is 17.4 Å². The smallest absolute Gasteiger partial charge is 0.172 e. The summed E-state index contributed by atoms with van der Waals surface area (Å²) < 4.78 is 0. The average Bonchev–Trinajstić information content (AvgIpc) is 2.66. The van der Waals surface area contributed by atoms with E-state index in [9.17, 15) is 5.11 Å². The van der Waals surface area contributed by atoms with Crippen LogP contribution in [0.2, 0.25) is 0 Å². The van der Waals surface area contributed by atoms with Crippen LogP contribution in [0.3, 0.4) is 0 Å². The third-order valence-electron chi connectivity index (χ3n) is 4.94. The molecule has 0 bridgehead atoms. The summed E-state index contributed by atoms with van der Waals surface area (Å²) in [5.41, 5.74) is 2.52. The molecule has 1 aromatic carbocycles. The van der Waals surface area contributed by atoms with Crippen LogP contribution in [0.5, 0.6) is 5.75 Å². The van der Waals surface area contributed by atoms with Crippen molar-refractivity contribution < 1.29 is 5.11 Å². The van der Waals surface area contributed by atoms with E-state index in [1.165, 1.54) is 6.42 Å². The molecule has 25 heavy (non-hydrogen) atoms. The number of phenols is 1. The Kier molecular flexibility index (Phi) is 4.76. The van der Waals surface area contributed by atoms with Crippen molar-refractivity contribution in [2.45, 2.75) is 12.5 Å². The van der Waals surface area contributed by atoms with Crippen LogP contribution < -0.4 is 10.2 Å². The lowest BCUT2D eigenvalue weighted by molar-refractivity contribution is 0.225. The summed E-state index contributed by atoms with van der Waals surface area (Å²) in [6.07, 6.45) is 1.18. The lowest BCUT2D eigenvalue weighted by Crippen LogP contribution is -2.58. The second-order valence-electron chi connectivity index (χ2n) is 6.55. The molecule has 0 aliphatic carbocycles. The average molecular weight is 404 g/mol. The fraction of sp³-hybridized carbons (Fsp3) is 0.444. The number of benzene rings is 1. The van der Waals surface area contributed by atoms with E-state index in [1.807, 2.05) is 24.3 Å². The Hall–Kier alpha value is -1.86. The number of aromatic nitrogens is 2. The fourth-order valence-corrected chi connectivity index (χ4v) is 3.91. The van der Waals surface area contributed by atoms with E-state index in [4.69, 9.17) is 0 Å². The lowest BCUT2D eigenvalue weighted by Gasteiger charge is -2.45. The van der Waals surface area contributed by atoms with Crippen molar-refractivity contribution in [1.82, 2.24) is 15.1 Å². The number of anilines is 2. The molecule has 0 saturated carbocycles. The number of piperazine rings is 1. The molecule has 2 N–H and O–H groups in total. The van der Waals surface area contributed by atoms with Crippen LogP contribution in [0.25, 0.3) is 11.3 Å². The van der Waals surface area contributed by atoms with E-state index in [0.29, 0.717) is 11.7 Å². The molecule has 7 heteroatoms. The van der Waals surface area contributed by atoms with Crippen LogP contribution >= 0.6 is 15.9 Å². The van der Waals surface area contributed by atoms with Crippen molar-refractivity contribution in [2.75, 3.05) is 48.3 Å². The number of rotatable bonds is 4. The van der Waals surface area contributed by atoms with E-state index in [2.05, 4.69) is 41.2 Å². The van der Waals surface area contributed by atoms with Crippen LogP contribution in [0.1, 0.15) is 6.42 Å². The first-order chi connectivity index (χ1) is 12.3. The monoisotopic (exact) mass is 403 g/mol. The quantitative estimate of drug-likeness (QED) is 0.764. The van der Waals surface area contributed by atoms with Crippen molar-refractivity contribution in [3.05, 3.63) is 30.3 Å². The maximum atomic E-state index is 10.1. The first-order valence-electron chi connectivity index (χ1n) is 8.71.